The Morgan fingerprint density at radius 2 is 2.35 bits per heavy atom. The summed E-state index contributed by atoms with van der Waals surface area (Å²) < 4.78 is 4.88. The molecule has 0 aliphatic carbocycles. The maximum atomic E-state index is 11.4. The molecule has 4 nitrogen and oxygen atoms in total. The fraction of sp³-hybridized carbons (Fsp3) is 0.385. The zero-order chi connectivity index (χ0) is 12.7. The third-order valence-corrected chi connectivity index (χ3v) is 2.20. The second-order valence-electron chi connectivity index (χ2n) is 3.86. The topological polar surface area (TPSA) is 42.4 Å². The van der Waals surface area contributed by atoms with Crippen molar-refractivity contribution < 1.29 is 9.53 Å². The summed E-state index contributed by atoms with van der Waals surface area (Å²) in [4.78, 5) is 17.4. The Labute approximate surface area is 102 Å². The minimum Gasteiger partial charge on any atom is -0.463 e. The molecule has 0 N–H and O–H groups in total. The monoisotopic (exact) mass is 234 g/mol. The number of carbonyl (C=O) groups excluding carboxylic acids is 1. The van der Waals surface area contributed by atoms with Crippen molar-refractivity contribution in [3.8, 4) is 0 Å². The number of esters is 1. The lowest BCUT2D eigenvalue weighted by Crippen LogP contribution is -2.24. The van der Waals surface area contributed by atoms with Crippen molar-refractivity contribution in [2.24, 2.45) is 0 Å². The number of rotatable bonds is 6. The number of ether oxygens (including phenoxy) is 1. The van der Waals surface area contributed by atoms with Crippen LogP contribution < -0.4 is 0 Å². The number of pyridine rings is 1. The number of hydrogen-bond acceptors (Lipinski definition) is 4. The van der Waals surface area contributed by atoms with Gasteiger partial charge in [0, 0.05) is 31.1 Å². The first-order valence-electron chi connectivity index (χ1n) is 5.55. The molecule has 92 valence electrons. The molecule has 0 radical (unpaired) electrons. The molecule has 0 aliphatic rings. The number of hydrogen-bond donors (Lipinski definition) is 0. The minimum atomic E-state index is -0.328. The van der Waals surface area contributed by atoms with Crippen LogP contribution in [0.4, 0.5) is 0 Å². The Morgan fingerprint density at radius 3 is 2.94 bits per heavy atom. The molecule has 0 spiro atoms. The van der Waals surface area contributed by atoms with Gasteiger partial charge in [0.05, 0.1) is 6.61 Å². The van der Waals surface area contributed by atoms with Crippen molar-refractivity contribution in [2.75, 3.05) is 20.2 Å². The molecule has 0 amide bonds. The summed E-state index contributed by atoms with van der Waals surface area (Å²) in [5.74, 6) is -0.328. The van der Waals surface area contributed by atoms with Crippen LogP contribution in [-0.4, -0.2) is 36.1 Å². The lowest BCUT2D eigenvalue weighted by Gasteiger charge is -2.17. The predicted octanol–water partition coefficient (Wildman–Crippen LogP) is 1.63. The largest absolute Gasteiger partial charge is 0.463 e. The van der Waals surface area contributed by atoms with Crippen LogP contribution in [-0.2, 0) is 16.1 Å². The second-order valence-corrected chi connectivity index (χ2v) is 3.86. The fourth-order valence-electron chi connectivity index (χ4n) is 1.48. The van der Waals surface area contributed by atoms with Gasteiger partial charge < -0.3 is 4.74 Å². The quantitative estimate of drug-likeness (QED) is 0.554. The maximum absolute atomic E-state index is 11.4. The molecule has 1 rings (SSSR count). The molecule has 0 unspecified atom stereocenters. The van der Waals surface area contributed by atoms with E-state index in [0.29, 0.717) is 18.7 Å². The Bertz CT molecular complexity index is 376. The van der Waals surface area contributed by atoms with Crippen LogP contribution in [0.25, 0.3) is 0 Å². The highest BCUT2D eigenvalue weighted by Gasteiger charge is 2.10. The molecule has 1 aromatic rings. The van der Waals surface area contributed by atoms with E-state index >= 15 is 0 Å². The van der Waals surface area contributed by atoms with Crippen molar-refractivity contribution in [3.63, 3.8) is 0 Å². The zero-order valence-corrected chi connectivity index (χ0v) is 10.3. The van der Waals surface area contributed by atoms with Gasteiger partial charge in [-0.1, -0.05) is 12.6 Å². The van der Waals surface area contributed by atoms with Gasteiger partial charge in [0.25, 0.3) is 0 Å². The van der Waals surface area contributed by atoms with E-state index in [4.69, 9.17) is 4.74 Å². The van der Waals surface area contributed by atoms with E-state index < -0.39 is 0 Å². The van der Waals surface area contributed by atoms with Gasteiger partial charge in [-0.25, -0.2) is 4.79 Å². The summed E-state index contributed by atoms with van der Waals surface area (Å²) in [5.41, 5.74) is 1.57. The number of nitrogens with zero attached hydrogens (tertiary/aromatic N) is 2. The molecule has 0 saturated carbocycles. The first-order valence-corrected chi connectivity index (χ1v) is 5.55. The Morgan fingerprint density at radius 1 is 1.59 bits per heavy atom. The van der Waals surface area contributed by atoms with Gasteiger partial charge in [0.2, 0.25) is 0 Å². The van der Waals surface area contributed by atoms with Crippen LogP contribution in [0.5, 0.6) is 0 Å². The first-order chi connectivity index (χ1) is 8.13. The minimum absolute atomic E-state index is 0.328. The standard InChI is InChI=1S/C13H18N2O2/c1-4-17-13(16)11(2)9-15(3)10-12-6-5-7-14-8-12/h5-8H,2,4,9-10H2,1,3H3. The smallest absolute Gasteiger partial charge is 0.334 e. The van der Waals surface area contributed by atoms with Crippen LogP contribution in [0.3, 0.4) is 0 Å². The first kappa shape index (κ1) is 13.4. The van der Waals surface area contributed by atoms with Crippen LogP contribution in [0.2, 0.25) is 0 Å². The van der Waals surface area contributed by atoms with Crippen molar-refractivity contribution in [2.45, 2.75) is 13.5 Å². The van der Waals surface area contributed by atoms with Crippen LogP contribution in [0.15, 0.2) is 36.7 Å². The van der Waals surface area contributed by atoms with Gasteiger partial charge in [-0.05, 0) is 25.6 Å². The summed E-state index contributed by atoms with van der Waals surface area (Å²) in [5, 5.41) is 0. The number of carbonyl (C=O) groups is 1. The van der Waals surface area contributed by atoms with Crippen molar-refractivity contribution in [1.82, 2.24) is 9.88 Å². The summed E-state index contributed by atoms with van der Waals surface area (Å²) in [6.45, 7) is 7.11. The molecule has 0 aliphatic heterocycles. The lowest BCUT2D eigenvalue weighted by molar-refractivity contribution is -0.138. The number of likely N-dealkylation sites (N-methyl/N-ethyl adjacent to an activating group) is 1. The summed E-state index contributed by atoms with van der Waals surface area (Å²) in [6.07, 6.45) is 3.55. The van der Waals surface area contributed by atoms with Gasteiger partial charge in [0.15, 0.2) is 0 Å². The molecule has 0 aromatic carbocycles. The number of aromatic nitrogens is 1. The SMILES string of the molecule is C=C(CN(C)Cc1cccnc1)C(=O)OCC. The van der Waals surface area contributed by atoms with Crippen LogP contribution in [0, 0.1) is 0 Å². The zero-order valence-electron chi connectivity index (χ0n) is 10.3. The van der Waals surface area contributed by atoms with Crippen LogP contribution >= 0.6 is 0 Å². The molecule has 1 aromatic heterocycles. The average Bonchev–Trinajstić information content (AvgIpc) is 2.30. The van der Waals surface area contributed by atoms with Crippen molar-refractivity contribution in [3.05, 3.63) is 42.2 Å². The lowest BCUT2D eigenvalue weighted by atomic mass is 10.2. The molecular weight excluding hydrogens is 216 g/mol. The molecule has 0 saturated heterocycles. The van der Waals surface area contributed by atoms with Crippen LogP contribution in [0.1, 0.15) is 12.5 Å². The van der Waals surface area contributed by atoms with E-state index in [0.717, 1.165) is 12.1 Å². The Kier molecular flexibility index (Phi) is 5.36. The second kappa shape index (κ2) is 6.81. The molecule has 0 fully saturated rings. The predicted molar refractivity (Wildman–Crippen MR) is 66.3 cm³/mol. The van der Waals surface area contributed by atoms with Gasteiger partial charge in [-0.15, -0.1) is 0 Å². The Balaban J connectivity index is 2.42. The molecule has 4 heteroatoms. The molecular formula is C13H18N2O2. The van der Waals surface area contributed by atoms with E-state index in [2.05, 4.69) is 11.6 Å². The average molecular weight is 234 g/mol. The third kappa shape index (κ3) is 4.78. The third-order valence-electron chi connectivity index (χ3n) is 2.20. The van der Waals surface area contributed by atoms with Gasteiger partial charge in [0.1, 0.15) is 0 Å². The van der Waals surface area contributed by atoms with E-state index in [1.807, 2.05) is 30.3 Å². The molecule has 17 heavy (non-hydrogen) atoms. The summed E-state index contributed by atoms with van der Waals surface area (Å²) in [6, 6.07) is 3.89. The van der Waals surface area contributed by atoms with Crippen molar-refractivity contribution >= 4 is 5.97 Å². The van der Waals surface area contributed by atoms with Crippen molar-refractivity contribution in [1.29, 1.82) is 0 Å². The highest BCUT2D eigenvalue weighted by molar-refractivity contribution is 5.88. The molecule has 1 heterocycles. The van der Waals surface area contributed by atoms with E-state index in [-0.39, 0.29) is 5.97 Å². The summed E-state index contributed by atoms with van der Waals surface area (Å²) >= 11 is 0. The normalized spacial score (nSPS) is 10.3. The maximum Gasteiger partial charge on any atom is 0.334 e. The molecule has 0 bridgehead atoms. The Hall–Kier alpha value is -1.68. The highest BCUT2D eigenvalue weighted by Crippen LogP contribution is 2.04. The highest BCUT2D eigenvalue weighted by atomic mass is 16.5. The fourth-order valence-corrected chi connectivity index (χ4v) is 1.48. The van der Waals surface area contributed by atoms with E-state index in [1.165, 1.54) is 0 Å². The summed E-state index contributed by atoms with van der Waals surface area (Å²) in [7, 11) is 1.93. The van der Waals surface area contributed by atoms with Gasteiger partial charge in [-0.3, -0.25) is 9.88 Å². The van der Waals surface area contributed by atoms with E-state index in [1.54, 1.807) is 13.1 Å². The molecule has 0 atom stereocenters. The van der Waals surface area contributed by atoms with Gasteiger partial charge in [-0.2, -0.15) is 0 Å². The van der Waals surface area contributed by atoms with Gasteiger partial charge >= 0.3 is 5.97 Å². The van der Waals surface area contributed by atoms with E-state index in [9.17, 15) is 4.79 Å².